The van der Waals surface area contributed by atoms with Gasteiger partial charge in [-0.15, -0.1) is 22.6 Å². The van der Waals surface area contributed by atoms with Crippen molar-refractivity contribution in [3.8, 4) is 17.3 Å². The second kappa shape index (κ2) is 11.0. The Bertz CT molecular complexity index is 1490. The van der Waals surface area contributed by atoms with Crippen molar-refractivity contribution >= 4 is 52.3 Å². The molecule has 0 radical (unpaired) electrons. The summed E-state index contributed by atoms with van der Waals surface area (Å²) in [5, 5.41) is 22.9. The summed E-state index contributed by atoms with van der Waals surface area (Å²) in [7, 11) is 0. The van der Waals surface area contributed by atoms with Crippen molar-refractivity contribution in [1.29, 1.82) is 5.26 Å². The van der Waals surface area contributed by atoms with E-state index in [1.54, 1.807) is 17.0 Å². The maximum Gasteiger partial charge on any atom is 0.322 e. The predicted octanol–water partition coefficient (Wildman–Crippen LogP) is 6.13. The highest BCUT2D eigenvalue weighted by atomic mass is 35.5. The van der Waals surface area contributed by atoms with Crippen molar-refractivity contribution in [2.24, 2.45) is 0 Å². The quantitative estimate of drug-likeness (QED) is 0.340. The van der Waals surface area contributed by atoms with Crippen molar-refractivity contribution < 1.29 is 9.18 Å². The molecule has 1 N–H and O–H groups in total. The molecular formula is C27H23Cl2FN6O. The summed E-state index contributed by atoms with van der Waals surface area (Å²) in [6.45, 7) is 3.61. The predicted molar refractivity (Wildman–Crippen MR) is 146 cm³/mol. The van der Waals surface area contributed by atoms with Gasteiger partial charge in [-0.3, -0.25) is 0 Å². The van der Waals surface area contributed by atoms with Gasteiger partial charge >= 0.3 is 6.03 Å². The number of hydrogen-bond donors (Lipinski definition) is 1. The largest absolute Gasteiger partial charge is 0.351 e. The van der Waals surface area contributed by atoms with Crippen LogP contribution >= 0.6 is 24.0 Å². The Balaban J connectivity index is 0.00000320. The number of rotatable bonds is 3. The lowest BCUT2D eigenvalue weighted by molar-refractivity contribution is 0.184. The Hall–Kier alpha value is -3.93. The molecule has 1 atom stereocenters. The van der Waals surface area contributed by atoms with Gasteiger partial charge in [-0.2, -0.15) is 5.26 Å². The molecule has 1 aromatic heterocycles. The molecule has 3 aromatic carbocycles. The smallest absolute Gasteiger partial charge is 0.322 e. The van der Waals surface area contributed by atoms with E-state index < -0.39 is 5.82 Å². The Kier molecular flexibility index (Phi) is 7.77. The van der Waals surface area contributed by atoms with Gasteiger partial charge in [0.15, 0.2) is 5.82 Å². The van der Waals surface area contributed by atoms with Crippen LogP contribution in [0.1, 0.15) is 12.5 Å². The van der Waals surface area contributed by atoms with Crippen molar-refractivity contribution in [3.63, 3.8) is 0 Å². The fraction of sp³-hybridized carbons (Fsp3) is 0.185. The van der Waals surface area contributed by atoms with E-state index in [1.807, 2.05) is 43.3 Å². The first-order chi connectivity index (χ1) is 17.4. The molecule has 1 fully saturated rings. The first kappa shape index (κ1) is 26.1. The molecular weight excluding hydrogens is 514 g/mol. The molecule has 10 heteroatoms. The lowest BCUT2D eigenvalue weighted by Crippen LogP contribution is -2.55. The summed E-state index contributed by atoms with van der Waals surface area (Å²) in [6.07, 6.45) is 0. The molecule has 0 aliphatic carbocycles. The highest BCUT2D eigenvalue weighted by Gasteiger charge is 2.29. The molecule has 2 heterocycles. The third-order valence-corrected chi connectivity index (χ3v) is 6.60. The van der Waals surface area contributed by atoms with E-state index in [1.165, 1.54) is 18.2 Å². The Morgan fingerprint density at radius 3 is 2.49 bits per heavy atom. The lowest BCUT2D eigenvalue weighted by Gasteiger charge is -2.40. The number of fused-ring (bicyclic) bond motifs is 1. The average Bonchev–Trinajstić information content (AvgIpc) is 2.90. The number of nitriles is 1. The molecule has 7 nitrogen and oxygen atoms in total. The van der Waals surface area contributed by atoms with Gasteiger partial charge in [0, 0.05) is 47.7 Å². The molecule has 1 aliphatic heterocycles. The molecule has 5 rings (SSSR count). The zero-order valence-electron chi connectivity index (χ0n) is 19.9. The zero-order chi connectivity index (χ0) is 25.2. The van der Waals surface area contributed by atoms with Crippen LogP contribution < -0.4 is 10.2 Å². The average molecular weight is 537 g/mol. The molecule has 37 heavy (non-hydrogen) atoms. The van der Waals surface area contributed by atoms with Gasteiger partial charge in [-0.1, -0.05) is 48.0 Å². The van der Waals surface area contributed by atoms with Gasteiger partial charge < -0.3 is 15.1 Å². The number of carbonyl (C=O) groups is 1. The molecule has 0 spiro atoms. The minimum atomic E-state index is -0.532. The number of anilines is 2. The van der Waals surface area contributed by atoms with E-state index in [-0.39, 0.29) is 29.5 Å². The highest BCUT2D eigenvalue weighted by Crippen LogP contribution is 2.32. The van der Waals surface area contributed by atoms with E-state index in [0.717, 1.165) is 27.8 Å². The second-order valence-corrected chi connectivity index (χ2v) is 9.06. The normalized spacial score (nSPS) is 15.1. The SMILES string of the molecule is C[C@H]1CN(c2nnc(-c3ccc(C#N)cc3)c3ccccc23)CCN1C(=O)Nc1ccc(F)c(Cl)c1.Cl. The van der Waals surface area contributed by atoms with E-state index in [9.17, 15) is 9.18 Å². The maximum absolute atomic E-state index is 13.4. The number of urea groups is 1. The van der Waals surface area contributed by atoms with Crippen molar-refractivity contribution in [2.75, 3.05) is 29.9 Å². The fourth-order valence-electron chi connectivity index (χ4n) is 4.46. The maximum atomic E-state index is 13.4. The van der Waals surface area contributed by atoms with Crippen LogP contribution in [0.25, 0.3) is 22.0 Å². The minimum absolute atomic E-state index is 0. The van der Waals surface area contributed by atoms with Crippen LogP contribution in [0.3, 0.4) is 0 Å². The summed E-state index contributed by atoms with van der Waals surface area (Å²) < 4.78 is 13.4. The van der Waals surface area contributed by atoms with Crippen molar-refractivity contribution in [3.05, 3.63) is 83.1 Å². The minimum Gasteiger partial charge on any atom is -0.351 e. The summed E-state index contributed by atoms with van der Waals surface area (Å²) in [5.41, 5.74) is 2.67. The number of piperazine rings is 1. The Morgan fingerprint density at radius 2 is 1.81 bits per heavy atom. The van der Waals surface area contributed by atoms with Crippen molar-refractivity contribution in [2.45, 2.75) is 13.0 Å². The molecule has 4 aromatic rings. The lowest BCUT2D eigenvalue weighted by atomic mass is 10.0. The first-order valence-corrected chi connectivity index (χ1v) is 11.9. The number of amides is 2. The molecule has 0 unspecified atom stereocenters. The van der Waals surface area contributed by atoms with E-state index in [0.29, 0.717) is 30.9 Å². The first-order valence-electron chi connectivity index (χ1n) is 11.5. The second-order valence-electron chi connectivity index (χ2n) is 8.65. The number of carbonyl (C=O) groups excluding carboxylic acids is 1. The number of nitrogens with one attached hydrogen (secondary N) is 1. The molecule has 0 saturated carbocycles. The van der Waals surface area contributed by atoms with Gasteiger partial charge in [0.05, 0.1) is 16.7 Å². The number of hydrogen-bond acceptors (Lipinski definition) is 5. The van der Waals surface area contributed by atoms with Gasteiger partial charge in [0.25, 0.3) is 0 Å². The van der Waals surface area contributed by atoms with Gasteiger partial charge in [-0.05, 0) is 37.3 Å². The van der Waals surface area contributed by atoms with E-state index in [4.69, 9.17) is 16.9 Å². The number of nitrogens with zero attached hydrogens (tertiary/aromatic N) is 5. The van der Waals surface area contributed by atoms with Crippen LogP contribution in [0.15, 0.2) is 66.7 Å². The molecule has 0 bridgehead atoms. The summed E-state index contributed by atoms with van der Waals surface area (Å²) in [6, 6.07) is 21.1. The summed E-state index contributed by atoms with van der Waals surface area (Å²) in [5.74, 6) is 0.232. The standard InChI is InChI=1S/C27H22ClFN6O.ClH/c1-17-16-34(12-13-35(17)27(36)31-20-10-11-24(29)23(28)14-20)26-22-5-3-2-4-21(22)25(32-33-26)19-8-6-18(15-30)7-9-19;/h2-11,14,17H,12-13,16H2,1H3,(H,31,36);1H/t17-;/m0./s1. The van der Waals surface area contributed by atoms with Crippen LogP contribution in [0, 0.1) is 17.1 Å². The molecule has 1 saturated heterocycles. The Labute approximate surface area is 224 Å². The van der Waals surface area contributed by atoms with Crippen LogP contribution in [-0.4, -0.2) is 46.8 Å². The number of aromatic nitrogens is 2. The van der Waals surface area contributed by atoms with Gasteiger partial charge in [-0.25, -0.2) is 9.18 Å². The molecule has 188 valence electrons. The van der Waals surface area contributed by atoms with Crippen LogP contribution in [0.2, 0.25) is 5.02 Å². The molecule has 1 aliphatic rings. The van der Waals surface area contributed by atoms with Crippen molar-refractivity contribution in [1.82, 2.24) is 15.1 Å². The topological polar surface area (TPSA) is 85.2 Å². The van der Waals surface area contributed by atoms with Gasteiger partial charge in [0.1, 0.15) is 11.5 Å². The fourth-order valence-corrected chi connectivity index (χ4v) is 4.64. The number of benzene rings is 3. The van der Waals surface area contributed by atoms with E-state index >= 15 is 0 Å². The third-order valence-electron chi connectivity index (χ3n) is 6.31. The number of halogens is 3. The zero-order valence-corrected chi connectivity index (χ0v) is 21.4. The van der Waals surface area contributed by atoms with Crippen LogP contribution in [-0.2, 0) is 0 Å². The highest BCUT2D eigenvalue weighted by molar-refractivity contribution is 6.31. The summed E-state index contributed by atoms with van der Waals surface area (Å²) in [4.78, 5) is 16.8. The monoisotopic (exact) mass is 536 g/mol. The Morgan fingerprint density at radius 1 is 1.08 bits per heavy atom. The van der Waals surface area contributed by atoms with Gasteiger partial charge in [0.2, 0.25) is 0 Å². The van der Waals surface area contributed by atoms with Crippen LogP contribution in [0.5, 0.6) is 0 Å². The third kappa shape index (κ3) is 5.29. The summed E-state index contributed by atoms with van der Waals surface area (Å²) >= 11 is 5.84. The van der Waals surface area contributed by atoms with E-state index in [2.05, 4.69) is 26.5 Å². The molecule has 2 amide bonds. The van der Waals surface area contributed by atoms with Crippen LogP contribution in [0.4, 0.5) is 20.7 Å².